The van der Waals surface area contributed by atoms with E-state index >= 15 is 0 Å². The predicted octanol–water partition coefficient (Wildman–Crippen LogP) is 2.14. The second kappa shape index (κ2) is 6.01. The highest BCUT2D eigenvalue weighted by atomic mass is 35.5. The Morgan fingerprint density at radius 2 is 1.85 bits per heavy atom. The Hall–Kier alpha value is -1.50. The van der Waals surface area contributed by atoms with E-state index in [0.717, 1.165) is 0 Å². The molecule has 0 radical (unpaired) electrons. The van der Waals surface area contributed by atoms with Gasteiger partial charge in [0.05, 0.1) is 22.2 Å². The van der Waals surface area contributed by atoms with Gasteiger partial charge >= 0.3 is 0 Å². The Morgan fingerprint density at radius 3 is 2.58 bits per heavy atom. The van der Waals surface area contributed by atoms with E-state index in [9.17, 15) is 19.8 Å². The number of hydrogen-bond acceptors (Lipinski definition) is 4. The van der Waals surface area contributed by atoms with Gasteiger partial charge in [-0.05, 0) is 37.8 Å². The number of fused-ring (bicyclic) bond motifs is 2. The van der Waals surface area contributed by atoms with Crippen LogP contribution in [0.4, 0.5) is 0 Å². The third-order valence-corrected chi connectivity index (χ3v) is 6.60. The molecule has 4 unspecified atom stereocenters. The van der Waals surface area contributed by atoms with Gasteiger partial charge in [0.2, 0.25) is 11.8 Å². The number of aliphatic hydroxyl groups is 1. The number of phenolic OH excluding ortho intramolecular Hbond substituents is 1. The fraction of sp³-hybridized carbons (Fsp3) is 0.556. The molecule has 0 aromatic heterocycles. The number of carbonyl (C=O) groups excluding carboxylic acids is 2. The summed E-state index contributed by atoms with van der Waals surface area (Å²) < 4.78 is 0. The van der Waals surface area contributed by atoms with Crippen molar-refractivity contribution in [3.8, 4) is 5.75 Å². The molecule has 3 aliphatic rings. The molecule has 3 heterocycles. The minimum atomic E-state index is -1.04. The number of amides is 2. The van der Waals surface area contributed by atoms with Gasteiger partial charge in [0.15, 0.2) is 0 Å². The van der Waals surface area contributed by atoms with Gasteiger partial charge in [-0.15, -0.1) is 0 Å². The van der Waals surface area contributed by atoms with Crippen molar-refractivity contribution >= 4 is 35.0 Å². The number of piperidine rings is 1. The summed E-state index contributed by atoms with van der Waals surface area (Å²) in [5, 5.41) is 21.2. The number of carbonyl (C=O) groups is 2. The third-order valence-electron chi connectivity index (χ3n) is 5.78. The molecule has 0 spiro atoms. The average molecular weight is 399 g/mol. The monoisotopic (exact) mass is 398 g/mol. The SMILES string of the molecule is CC1(O)CC2C(=O)N3CCC(c4c(O)ccc(Cl)c4Cl)CC3C(=O)N2C1. The summed E-state index contributed by atoms with van der Waals surface area (Å²) >= 11 is 12.4. The molecule has 0 aliphatic carbocycles. The van der Waals surface area contributed by atoms with Crippen LogP contribution < -0.4 is 0 Å². The molecule has 1 aromatic carbocycles. The molecule has 3 fully saturated rings. The van der Waals surface area contributed by atoms with Crippen LogP contribution in [0.3, 0.4) is 0 Å². The van der Waals surface area contributed by atoms with Crippen molar-refractivity contribution in [3.05, 3.63) is 27.7 Å². The molecule has 3 aliphatic heterocycles. The minimum absolute atomic E-state index is 0.0504. The average Bonchev–Trinajstić information content (AvgIpc) is 2.92. The molecule has 2 amide bonds. The van der Waals surface area contributed by atoms with Crippen LogP contribution in [-0.4, -0.2) is 62.6 Å². The highest BCUT2D eigenvalue weighted by Crippen LogP contribution is 2.45. The minimum Gasteiger partial charge on any atom is -0.508 e. The van der Waals surface area contributed by atoms with Gasteiger partial charge in [0, 0.05) is 18.5 Å². The topological polar surface area (TPSA) is 81.1 Å². The van der Waals surface area contributed by atoms with Crippen LogP contribution in [0.25, 0.3) is 0 Å². The fourth-order valence-corrected chi connectivity index (χ4v) is 5.05. The lowest BCUT2D eigenvalue weighted by Crippen LogP contribution is -2.64. The van der Waals surface area contributed by atoms with Crippen LogP contribution in [0.1, 0.15) is 37.7 Å². The van der Waals surface area contributed by atoms with Gasteiger partial charge in [-0.25, -0.2) is 0 Å². The zero-order valence-electron chi connectivity index (χ0n) is 14.3. The maximum atomic E-state index is 13.0. The lowest BCUT2D eigenvalue weighted by atomic mass is 9.82. The molecule has 3 saturated heterocycles. The molecule has 140 valence electrons. The maximum Gasteiger partial charge on any atom is 0.246 e. The molecule has 8 heteroatoms. The fourth-order valence-electron chi connectivity index (χ4n) is 4.57. The molecule has 4 atom stereocenters. The van der Waals surface area contributed by atoms with E-state index in [-0.39, 0.29) is 36.4 Å². The van der Waals surface area contributed by atoms with Gasteiger partial charge in [-0.2, -0.15) is 0 Å². The third kappa shape index (κ3) is 2.66. The Labute approximate surface area is 161 Å². The standard InChI is InChI=1S/C18H20Cl2N2O4/c1-18(26)7-12-17(25)21-5-4-9(6-11(21)16(24)22(12)8-18)14-13(23)3-2-10(19)15(14)20/h2-3,9,11-12,23,26H,4-8H2,1H3. The molecule has 4 rings (SSSR count). The van der Waals surface area contributed by atoms with Crippen molar-refractivity contribution in [2.75, 3.05) is 13.1 Å². The Bertz CT molecular complexity index is 798. The van der Waals surface area contributed by atoms with Crippen LogP contribution >= 0.6 is 23.2 Å². The van der Waals surface area contributed by atoms with Crippen LogP contribution in [0, 0.1) is 0 Å². The maximum absolute atomic E-state index is 13.0. The van der Waals surface area contributed by atoms with E-state index in [1.165, 1.54) is 17.0 Å². The second-order valence-corrected chi connectivity index (χ2v) is 8.53. The first-order valence-corrected chi connectivity index (χ1v) is 9.45. The lowest BCUT2D eigenvalue weighted by molar-refractivity contribution is -0.161. The zero-order chi connectivity index (χ0) is 18.8. The number of aromatic hydroxyl groups is 1. The first-order valence-electron chi connectivity index (χ1n) is 8.70. The second-order valence-electron chi connectivity index (χ2n) is 7.75. The number of rotatable bonds is 1. The van der Waals surface area contributed by atoms with Crippen molar-refractivity contribution in [1.29, 1.82) is 0 Å². The van der Waals surface area contributed by atoms with E-state index in [1.807, 2.05) is 0 Å². The van der Waals surface area contributed by atoms with Crippen LogP contribution in [0.5, 0.6) is 5.75 Å². The molecular weight excluding hydrogens is 379 g/mol. The van der Waals surface area contributed by atoms with Crippen molar-refractivity contribution < 1.29 is 19.8 Å². The van der Waals surface area contributed by atoms with Gasteiger partial charge < -0.3 is 20.0 Å². The Balaban J connectivity index is 1.64. The number of piperazine rings is 1. The van der Waals surface area contributed by atoms with Crippen molar-refractivity contribution in [3.63, 3.8) is 0 Å². The van der Waals surface area contributed by atoms with Crippen molar-refractivity contribution in [1.82, 2.24) is 9.80 Å². The van der Waals surface area contributed by atoms with E-state index in [4.69, 9.17) is 23.2 Å². The summed E-state index contributed by atoms with van der Waals surface area (Å²) in [6, 6.07) is 1.86. The Kier molecular flexibility index (Phi) is 4.13. The summed E-state index contributed by atoms with van der Waals surface area (Å²) in [6.07, 6.45) is 1.24. The summed E-state index contributed by atoms with van der Waals surface area (Å²) in [7, 11) is 0. The first-order chi connectivity index (χ1) is 12.2. The first kappa shape index (κ1) is 17.9. The van der Waals surface area contributed by atoms with E-state index in [0.29, 0.717) is 35.0 Å². The molecular formula is C18H20Cl2N2O4. The molecule has 26 heavy (non-hydrogen) atoms. The number of nitrogens with zero attached hydrogens (tertiary/aromatic N) is 2. The summed E-state index contributed by atoms with van der Waals surface area (Å²) in [4.78, 5) is 28.9. The number of hydrogen-bond donors (Lipinski definition) is 2. The predicted molar refractivity (Wildman–Crippen MR) is 96.3 cm³/mol. The molecule has 6 nitrogen and oxygen atoms in total. The van der Waals surface area contributed by atoms with Crippen molar-refractivity contribution in [2.45, 2.75) is 49.8 Å². The van der Waals surface area contributed by atoms with E-state index in [2.05, 4.69) is 0 Å². The number of halogens is 2. The van der Waals surface area contributed by atoms with Gasteiger partial charge in [0.25, 0.3) is 0 Å². The van der Waals surface area contributed by atoms with Crippen LogP contribution in [0.2, 0.25) is 10.0 Å². The number of phenols is 1. The van der Waals surface area contributed by atoms with Gasteiger partial charge in [-0.1, -0.05) is 23.2 Å². The van der Waals surface area contributed by atoms with E-state index in [1.54, 1.807) is 11.8 Å². The van der Waals surface area contributed by atoms with Crippen LogP contribution in [0.15, 0.2) is 12.1 Å². The highest BCUT2D eigenvalue weighted by molar-refractivity contribution is 6.42. The molecule has 0 bridgehead atoms. The van der Waals surface area contributed by atoms with Crippen molar-refractivity contribution in [2.24, 2.45) is 0 Å². The quantitative estimate of drug-likeness (QED) is 0.759. The molecule has 2 N–H and O–H groups in total. The summed E-state index contributed by atoms with van der Waals surface area (Å²) in [5.41, 5.74) is -0.506. The normalized spacial score (nSPS) is 34.1. The molecule has 0 saturated carbocycles. The summed E-state index contributed by atoms with van der Waals surface area (Å²) in [6.45, 7) is 2.23. The molecule has 1 aromatic rings. The zero-order valence-corrected chi connectivity index (χ0v) is 15.8. The lowest BCUT2D eigenvalue weighted by Gasteiger charge is -2.46. The number of benzene rings is 1. The van der Waals surface area contributed by atoms with Crippen LogP contribution in [-0.2, 0) is 9.59 Å². The Morgan fingerprint density at radius 1 is 1.15 bits per heavy atom. The summed E-state index contributed by atoms with van der Waals surface area (Å²) in [5.74, 6) is -0.366. The van der Waals surface area contributed by atoms with Gasteiger partial charge in [0.1, 0.15) is 17.8 Å². The largest absolute Gasteiger partial charge is 0.508 e. The highest BCUT2D eigenvalue weighted by Gasteiger charge is 2.54. The van der Waals surface area contributed by atoms with Gasteiger partial charge in [-0.3, -0.25) is 9.59 Å². The van der Waals surface area contributed by atoms with E-state index < -0.39 is 17.7 Å². The smallest absolute Gasteiger partial charge is 0.246 e.